The molecule has 0 unspecified atom stereocenters. The monoisotopic (exact) mass is 400 g/mol. The third-order valence-electron chi connectivity index (χ3n) is 5.70. The highest BCUT2D eigenvalue weighted by molar-refractivity contribution is 6.31. The third kappa shape index (κ3) is 3.15. The summed E-state index contributed by atoms with van der Waals surface area (Å²) in [6.45, 7) is 0.767. The number of hydrogen-bond donors (Lipinski definition) is 1. The molecule has 2 heterocycles. The van der Waals surface area contributed by atoms with Crippen molar-refractivity contribution < 1.29 is 19.1 Å². The molecule has 2 saturated heterocycles. The van der Waals surface area contributed by atoms with Gasteiger partial charge in [0.25, 0.3) is 11.8 Å². The summed E-state index contributed by atoms with van der Waals surface area (Å²) in [4.78, 5) is 39.1. The van der Waals surface area contributed by atoms with E-state index in [1.807, 2.05) is 48.5 Å². The predicted octanol–water partition coefficient (Wildman–Crippen LogP) is 3.63. The van der Waals surface area contributed by atoms with Crippen LogP contribution in [0.2, 0.25) is 0 Å². The van der Waals surface area contributed by atoms with Crippen molar-refractivity contribution in [1.82, 2.24) is 10.2 Å². The van der Waals surface area contributed by atoms with Crippen LogP contribution in [0.5, 0.6) is 0 Å². The minimum atomic E-state index is -0.694. The number of rotatable bonds is 3. The molecule has 0 bridgehead atoms. The second-order valence-electron chi connectivity index (χ2n) is 7.60. The molecular formula is C24H20N2O4. The molecule has 2 fully saturated rings. The second-order valence-corrected chi connectivity index (χ2v) is 7.60. The van der Waals surface area contributed by atoms with Gasteiger partial charge < -0.3 is 4.74 Å². The number of fused-ring (bicyclic) bond motifs is 2. The zero-order chi connectivity index (χ0) is 20.7. The molecule has 0 spiro atoms. The van der Waals surface area contributed by atoms with Crippen molar-refractivity contribution in [3.8, 4) is 0 Å². The number of carbonyl (C=O) groups is 3. The lowest BCUT2D eigenvalue weighted by Crippen LogP contribution is -2.55. The Kier molecular flexibility index (Phi) is 4.56. The van der Waals surface area contributed by atoms with Crippen LogP contribution in [-0.2, 0) is 14.3 Å². The van der Waals surface area contributed by atoms with Crippen molar-refractivity contribution in [3.05, 3.63) is 65.7 Å². The van der Waals surface area contributed by atoms with E-state index >= 15 is 0 Å². The molecule has 5 rings (SSSR count). The maximum atomic E-state index is 13.1. The lowest BCUT2D eigenvalue weighted by atomic mass is 9.94. The van der Waals surface area contributed by atoms with Crippen molar-refractivity contribution in [1.29, 1.82) is 0 Å². The van der Waals surface area contributed by atoms with Crippen LogP contribution in [0.15, 0.2) is 60.2 Å². The first kappa shape index (κ1) is 18.5. The largest absolute Gasteiger partial charge is 0.376 e. The fourth-order valence-corrected chi connectivity index (χ4v) is 4.20. The van der Waals surface area contributed by atoms with Gasteiger partial charge in [0.15, 0.2) is 0 Å². The van der Waals surface area contributed by atoms with Crippen LogP contribution in [0.3, 0.4) is 0 Å². The van der Waals surface area contributed by atoms with Gasteiger partial charge in [0.2, 0.25) is 0 Å². The van der Waals surface area contributed by atoms with Crippen LogP contribution in [-0.4, -0.2) is 42.0 Å². The number of urea groups is 1. The third-order valence-corrected chi connectivity index (χ3v) is 5.70. The van der Waals surface area contributed by atoms with Crippen LogP contribution in [0.1, 0.15) is 18.4 Å². The van der Waals surface area contributed by atoms with E-state index in [0.717, 1.165) is 44.8 Å². The summed E-state index contributed by atoms with van der Waals surface area (Å²) < 4.78 is 5.57. The molecule has 3 aromatic carbocycles. The molecule has 4 amide bonds. The van der Waals surface area contributed by atoms with E-state index < -0.39 is 17.8 Å². The Morgan fingerprint density at radius 3 is 2.30 bits per heavy atom. The zero-order valence-electron chi connectivity index (χ0n) is 16.3. The highest BCUT2D eigenvalue weighted by Crippen LogP contribution is 2.31. The molecular weight excluding hydrogens is 380 g/mol. The van der Waals surface area contributed by atoms with Crippen molar-refractivity contribution in [2.45, 2.75) is 18.9 Å². The van der Waals surface area contributed by atoms with Gasteiger partial charge in [-0.3, -0.25) is 19.8 Å². The molecule has 1 N–H and O–H groups in total. The van der Waals surface area contributed by atoms with Crippen LogP contribution in [0.25, 0.3) is 27.6 Å². The number of barbiturate groups is 1. The van der Waals surface area contributed by atoms with Crippen LogP contribution in [0, 0.1) is 0 Å². The summed E-state index contributed by atoms with van der Waals surface area (Å²) in [6, 6.07) is 17.1. The standard InChI is InChI=1S/C24H20N2O4/c27-22-21(23(28)26(24(29)25-22)14-17-8-5-11-30-17)13-20-18-9-3-1-6-15(18)12-16-7-2-4-10-19(16)20/h1-4,6-7,9-10,12-13,17H,5,8,11,14H2,(H,25,27,29)/b21-13+/t17-/m0/s1. The number of nitrogens with zero attached hydrogens (tertiary/aromatic N) is 1. The summed E-state index contributed by atoms with van der Waals surface area (Å²) in [5, 5.41) is 6.20. The maximum absolute atomic E-state index is 13.1. The first-order valence-electron chi connectivity index (χ1n) is 10.0. The lowest BCUT2D eigenvalue weighted by Gasteiger charge is -2.28. The topological polar surface area (TPSA) is 75.7 Å². The number of ether oxygens (including phenoxy) is 1. The SMILES string of the molecule is O=C1NC(=O)N(C[C@@H]2CCCO2)C(=O)/C1=C/c1c2ccccc2cc2ccccc12. The van der Waals surface area contributed by atoms with E-state index in [1.165, 1.54) is 0 Å². The van der Waals surface area contributed by atoms with Crippen LogP contribution in [0.4, 0.5) is 4.79 Å². The lowest BCUT2D eigenvalue weighted by molar-refractivity contribution is -0.131. The number of hydrogen-bond acceptors (Lipinski definition) is 4. The van der Waals surface area contributed by atoms with E-state index in [0.29, 0.717) is 6.61 Å². The average molecular weight is 400 g/mol. The highest BCUT2D eigenvalue weighted by atomic mass is 16.5. The Hall–Kier alpha value is -3.51. The molecule has 0 radical (unpaired) electrons. The predicted molar refractivity (Wildman–Crippen MR) is 114 cm³/mol. The van der Waals surface area contributed by atoms with Crippen LogP contribution < -0.4 is 5.32 Å². The second kappa shape index (κ2) is 7.39. The van der Waals surface area contributed by atoms with Gasteiger partial charge in [-0.05, 0) is 52.1 Å². The fourth-order valence-electron chi connectivity index (χ4n) is 4.20. The van der Waals surface area contributed by atoms with Gasteiger partial charge in [-0.25, -0.2) is 4.79 Å². The van der Waals surface area contributed by atoms with Gasteiger partial charge in [-0.15, -0.1) is 0 Å². The van der Waals surface area contributed by atoms with E-state index in [1.54, 1.807) is 6.08 Å². The van der Waals surface area contributed by atoms with Gasteiger partial charge in [0.05, 0.1) is 12.6 Å². The smallest absolute Gasteiger partial charge is 0.331 e. The number of amides is 4. The van der Waals surface area contributed by atoms with Crippen molar-refractivity contribution in [2.24, 2.45) is 0 Å². The molecule has 0 aliphatic carbocycles. The number of benzene rings is 3. The molecule has 3 aromatic rings. The average Bonchev–Trinajstić information content (AvgIpc) is 3.26. The van der Waals surface area contributed by atoms with E-state index in [2.05, 4.69) is 11.4 Å². The molecule has 6 nitrogen and oxygen atoms in total. The van der Waals surface area contributed by atoms with Gasteiger partial charge >= 0.3 is 6.03 Å². The molecule has 2 aliphatic heterocycles. The van der Waals surface area contributed by atoms with E-state index in [4.69, 9.17) is 4.74 Å². The molecule has 0 aromatic heterocycles. The molecule has 6 heteroatoms. The molecule has 0 saturated carbocycles. The molecule has 30 heavy (non-hydrogen) atoms. The van der Waals surface area contributed by atoms with E-state index in [9.17, 15) is 14.4 Å². The van der Waals surface area contributed by atoms with Crippen molar-refractivity contribution in [2.75, 3.05) is 13.2 Å². The Bertz CT molecular complexity index is 1170. The van der Waals surface area contributed by atoms with Gasteiger partial charge in [0.1, 0.15) is 5.57 Å². The minimum Gasteiger partial charge on any atom is -0.376 e. The van der Waals surface area contributed by atoms with Gasteiger partial charge in [-0.1, -0.05) is 48.5 Å². The van der Waals surface area contributed by atoms with Gasteiger partial charge in [-0.2, -0.15) is 0 Å². The summed E-state index contributed by atoms with van der Waals surface area (Å²) in [5.41, 5.74) is 0.739. The van der Waals surface area contributed by atoms with Gasteiger partial charge in [0, 0.05) is 6.61 Å². The van der Waals surface area contributed by atoms with Crippen molar-refractivity contribution in [3.63, 3.8) is 0 Å². The minimum absolute atomic E-state index is 0.0471. The number of nitrogens with one attached hydrogen (secondary N) is 1. The summed E-state index contributed by atoms with van der Waals surface area (Å²) in [5.74, 6) is -1.26. The summed E-state index contributed by atoms with van der Waals surface area (Å²) >= 11 is 0. The molecule has 2 aliphatic rings. The van der Waals surface area contributed by atoms with Crippen LogP contribution >= 0.6 is 0 Å². The normalized spacial score (nSPS) is 21.1. The summed E-state index contributed by atoms with van der Waals surface area (Å²) in [6.07, 6.45) is 3.11. The fraction of sp³-hybridized carbons (Fsp3) is 0.208. The number of imide groups is 2. The van der Waals surface area contributed by atoms with E-state index in [-0.39, 0.29) is 18.2 Å². The molecule has 1 atom stereocenters. The highest BCUT2D eigenvalue weighted by Gasteiger charge is 2.37. The molecule has 150 valence electrons. The summed E-state index contributed by atoms with van der Waals surface area (Å²) in [7, 11) is 0. The quantitative estimate of drug-likeness (QED) is 0.414. The number of carbonyl (C=O) groups excluding carboxylic acids is 3. The Labute approximate surface area is 173 Å². The first-order valence-corrected chi connectivity index (χ1v) is 10.0. The Balaban J connectivity index is 1.63. The Morgan fingerprint density at radius 1 is 1.00 bits per heavy atom. The first-order chi connectivity index (χ1) is 14.6. The maximum Gasteiger partial charge on any atom is 0.331 e. The Morgan fingerprint density at radius 2 is 1.67 bits per heavy atom. The zero-order valence-corrected chi connectivity index (χ0v) is 16.3. The van der Waals surface area contributed by atoms with Crippen molar-refractivity contribution >= 4 is 45.5 Å².